The highest BCUT2D eigenvalue weighted by atomic mass is 19.1. The van der Waals surface area contributed by atoms with Gasteiger partial charge in [0, 0.05) is 6.07 Å². The quantitative estimate of drug-likeness (QED) is 0.784. The van der Waals surface area contributed by atoms with Gasteiger partial charge < -0.3 is 9.63 Å². The summed E-state index contributed by atoms with van der Waals surface area (Å²) < 4.78 is 17.6. The first-order chi connectivity index (χ1) is 6.15. The van der Waals surface area contributed by atoms with Crippen LogP contribution < -0.4 is 0 Å². The van der Waals surface area contributed by atoms with E-state index in [0.29, 0.717) is 12.8 Å². The fourth-order valence-electron chi connectivity index (χ4n) is 0.933. The van der Waals surface area contributed by atoms with Crippen molar-refractivity contribution in [3.05, 3.63) is 17.5 Å². The number of aromatic carboxylic acids is 1. The standard InChI is InChI=1S/C8H10FNO3/c1-2-3-5(9)7-4-6(8(11)12)10-13-7/h4-5H,2-3H2,1H3,(H,11,12). The molecule has 0 spiro atoms. The van der Waals surface area contributed by atoms with Crippen molar-refractivity contribution in [3.63, 3.8) is 0 Å². The largest absolute Gasteiger partial charge is 0.476 e. The lowest BCUT2D eigenvalue weighted by Crippen LogP contribution is -1.95. The Labute approximate surface area is 74.3 Å². The minimum Gasteiger partial charge on any atom is -0.476 e. The van der Waals surface area contributed by atoms with Crippen molar-refractivity contribution < 1.29 is 18.8 Å². The monoisotopic (exact) mass is 187 g/mol. The van der Waals surface area contributed by atoms with E-state index >= 15 is 0 Å². The molecule has 1 rings (SSSR count). The summed E-state index contributed by atoms with van der Waals surface area (Å²) in [6.07, 6.45) is -0.274. The molecule has 0 aliphatic carbocycles. The van der Waals surface area contributed by atoms with Crippen LogP contribution in [0.1, 0.15) is 42.2 Å². The minimum absolute atomic E-state index is 0.0146. The van der Waals surface area contributed by atoms with Crippen LogP contribution in [0, 0.1) is 0 Å². The molecule has 1 N–H and O–H groups in total. The summed E-state index contributed by atoms with van der Waals surface area (Å²) in [7, 11) is 0. The second-order valence-electron chi connectivity index (χ2n) is 2.68. The maximum Gasteiger partial charge on any atom is 0.358 e. The van der Waals surface area contributed by atoms with Gasteiger partial charge in [-0.05, 0) is 6.42 Å². The van der Waals surface area contributed by atoms with Gasteiger partial charge in [0.25, 0.3) is 0 Å². The SMILES string of the molecule is CCCC(F)c1cc(C(=O)O)no1. The van der Waals surface area contributed by atoms with E-state index in [0.717, 1.165) is 6.07 Å². The molecule has 72 valence electrons. The van der Waals surface area contributed by atoms with Crippen LogP contribution >= 0.6 is 0 Å². The summed E-state index contributed by atoms with van der Waals surface area (Å²) in [5.74, 6) is -1.22. The number of halogens is 1. The lowest BCUT2D eigenvalue weighted by Gasteiger charge is -1.98. The van der Waals surface area contributed by atoms with Crippen molar-refractivity contribution in [1.29, 1.82) is 0 Å². The van der Waals surface area contributed by atoms with E-state index in [4.69, 9.17) is 5.11 Å². The van der Waals surface area contributed by atoms with E-state index in [1.54, 1.807) is 0 Å². The average Bonchev–Trinajstić information content (AvgIpc) is 2.52. The Morgan fingerprint density at radius 3 is 3.00 bits per heavy atom. The molecule has 5 heteroatoms. The minimum atomic E-state index is -1.26. The molecular formula is C8H10FNO3. The molecule has 1 heterocycles. The lowest BCUT2D eigenvalue weighted by atomic mass is 10.2. The van der Waals surface area contributed by atoms with Crippen molar-refractivity contribution in [3.8, 4) is 0 Å². The molecule has 0 amide bonds. The Balaban J connectivity index is 2.73. The summed E-state index contributed by atoms with van der Waals surface area (Å²) in [6.45, 7) is 1.83. The fourth-order valence-corrected chi connectivity index (χ4v) is 0.933. The zero-order chi connectivity index (χ0) is 9.84. The maximum atomic E-state index is 13.1. The van der Waals surface area contributed by atoms with E-state index in [1.807, 2.05) is 6.92 Å². The second kappa shape index (κ2) is 4.02. The molecule has 0 fully saturated rings. The Kier molecular flexibility index (Phi) is 3.00. The third kappa shape index (κ3) is 2.27. The van der Waals surface area contributed by atoms with Gasteiger partial charge in [0.15, 0.2) is 17.6 Å². The van der Waals surface area contributed by atoms with Crippen LogP contribution in [0.3, 0.4) is 0 Å². The van der Waals surface area contributed by atoms with E-state index in [2.05, 4.69) is 9.68 Å². The average molecular weight is 187 g/mol. The number of aromatic nitrogens is 1. The van der Waals surface area contributed by atoms with Gasteiger partial charge in [-0.25, -0.2) is 9.18 Å². The Morgan fingerprint density at radius 1 is 1.85 bits per heavy atom. The summed E-state index contributed by atoms with van der Waals surface area (Å²) >= 11 is 0. The molecule has 4 nitrogen and oxygen atoms in total. The zero-order valence-corrected chi connectivity index (χ0v) is 7.16. The van der Waals surface area contributed by atoms with Gasteiger partial charge in [-0.2, -0.15) is 0 Å². The van der Waals surface area contributed by atoms with Gasteiger partial charge in [-0.15, -0.1) is 0 Å². The Morgan fingerprint density at radius 2 is 2.54 bits per heavy atom. The Hall–Kier alpha value is -1.39. The molecule has 0 radical (unpaired) electrons. The highest BCUT2D eigenvalue weighted by molar-refractivity contribution is 5.85. The number of carboxylic acid groups (broad SMARTS) is 1. The van der Waals surface area contributed by atoms with E-state index in [9.17, 15) is 9.18 Å². The van der Waals surface area contributed by atoms with Crippen LogP contribution in [0.5, 0.6) is 0 Å². The molecule has 0 aromatic carbocycles. The van der Waals surface area contributed by atoms with Crippen molar-refractivity contribution in [2.45, 2.75) is 25.9 Å². The predicted octanol–water partition coefficient (Wildman–Crippen LogP) is 2.18. The van der Waals surface area contributed by atoms with E-state index in [1.165, 1.54) is 0 Å². The van der Waals surface area contributed by atoms with E-state index < -0.39 is 12.1 Å². The van der Waals surface area contributed by atoms with Crippen molar-refractivity contribution in [2.24, 2.45) is 0 Å². The molecule has 0 bridgehead atoms. The van der Waals surface area contributed by atoms with Crippen molar-refractivity contribution in [2.75, 3.05) is 0 Å². The first-order valence-corrected chi connectivity index (χ1v) is 3.99. The van der Waals surface area contributed by atoms with Crippen molar-refractivity contribution in [1.82, 2.24) is 5.16 Å². The second-order valence-corrected chi connectivity index (χ2v) is 2.68. The number of carbonyl (C=O) groups is 1. The predicted molar refractivity (Wildman–Crippen MR) is 42.2 cm³/mol. The van der Waals surface area contributed by atoms with Crippen LogP contribution in [0.25, 0.3) is 0 Å². The molecule has 1 atom stereocenters. The van der Waals surface area contributed by atoms with Crippen molar-refractivity contribution >= 4 is 5.97 Å². The Bertz CT molecular complexity index is 297. The normalized spacial score (nSPS) is 12.8. The van der Waals surface area contributed by atoms with E-state index in [-0.39, 0.29) is 11.5 Å². The van der Waals surface area contributed by atoms with Crippen LogP contribution in [-0.4, -0.2) is 16.2 Å². The third-order valence-corrected chi connectivity index (χ3v) is 1.60. The molecular weight excluding hydrogens is 177 g/mol. The van der Waals surface area contributed by atoms with Gasteiger partial charge in [0.1, 0.15) is 0 Å². The first kappa shape index (κ1) is 9.70. The highest BCUT2D eigenvalue weighted by Gasteiger charge is 2.17. The number of nitrogens with zero attached hydrogens (tertiary/aromatic N) is 1. The maximum absolute atomic E-state index is 13.1. The van der Waals surface area contributed by atoms with Gasteiger partial charge in [0.05, 0.1) is 0 Å². The molecule has 1 unspecified atom stereocenters. The smallest absolute Gasteiger partial charge is 0.358 e. The molecule has 1 aromatic rings. The lowest BCUT2D eigenvalue weighted by molar-refractivity contribution is 0.0685. The summed E-state index contributed by atoms with van der Waals surface area (Å²) in [5, 5.41) is 11.7. The number of alkyl halides is 1. The van der Waals surface area contributed by atoms with Crippen LogP contribution in [0.2, 0.25) is 0 Å². The third-order valence-electron chi connectivity index (χ3n) is 1.60. The molecule has 1 aromatic heterocycles. The van der Waals surface area contributed by atoms with Gasteiger partial charge in [0.2, 0.25) is 0 Å². The number of rotatable bonds is 4. The topological polar surface area (TPSA) is 63.3 Å². The molecule has 0 aliphatic heterocycles. The number of hydrogen-bond acceptors (Lipinski definition) is 3. The van der Waals surface area contributed by atoms with Crippen LogP contribution in [-0.2, 0) is 0 Å². The summed E-state index contributed by atoms with van der Waals surface area (Å²) in [6, 6.07) is 1.11. The molecule has 13 heavy (non-hydrogen) atoms. The van der Waals surface area contributed by atoms with Gasteiger partial charge in [-0.1, -0.05) is 18.5 Å². The van der Waals surface area contributed by atoms with Gasteiger partial charge in [-0.3, -0.25) is 0 Å². The zero-order valence-electron chi connectivity index (χ0n) is 7.16. The van der Waals surface area contributed by atoms with Crippen LogP contribution in [0.15, 0.2) is 10.6 Å². The first-order valence-electron chi connectivity index (χ1n) is 3.99. The molecule has 0 aliphatic rings. The molecule has 0 saturated carbocycles. The fraction of sp³-hybridized carbons (Fsp3) is 0.500. The summed E-state index contributed by atoms with van der Waals surface area (Å²) in [5.41, 5.74) is -0.256. The van der Waals surface area contributed by atoms with Crippen LogP contribution in [0.4, 0.5) is 4.39 Å². The summed E-state index contributed by atoms with van der Waals surface area (Å²) in [4.78, 5) is 10.3. The number of hydrogen-bond donors (Lipinski definition) is 1. The van der Waals surface area contributed by atoms with Gasteiger partial charge >= 0.3 is 5.97 Å². The number of carboxylic acids is 1. The molecule has 0 saturated heterocycles. The highest BCUT2D eigenvalue weighted by Crippen LogP contribution is 2.22.